The molecule has 0 atom stereocenters. The molecule has 4 fully saturated rings. The Morgan fingerprint density at radius 2 is 1.37 bits per heavy atom. The van der Waals surface area contributed by atoms with E-state index in [4.69, 9.17) is 0 Å². The summed E-state index contributed by atoms with van der Waals surface area (Å²) in [6.07, 6.45) is 4.38. The number of allylic oxidation sites excluding steroid dienone is 4. The van der Waals surface area contributed by atoms with Crippen molar-refractivity contribution in [2.75, 3.05) is 0 Å². The van der Waals surface area contributed by atoms with Gasteiger partial charge in [-0.15, -0.1) is 11.3 Å². The molecule has 7 heteroatoms. The Kier molecular flexibility index (Phi) is 5.01. The topological polar surface area (TPSA) is 0 Å². The van der Waals surface area contributed by atoms with Crippen LogP contribution in [0.25, 0.3) is 11.1 Å². The predicted molar refractivity (Wildman–Crippen MR) is 126 cm³/mol. The maximum Gasteiger partial charge on any atom is 0.380 e. The molecule has 0 saturated heterocycles. The number of rotatable bonds is 3. The van der Waals surface area contributed by atoms with Crippen LogP contribution in [0.3, 0.4) is 0 Å². The lowest BCUT2D eigenvalue weighted by Crippen LogP contribution is -2.49. The van der Waals surface area contributed by atoms with E-state index in [0.717, 1.165) is 43.4 Å². The van der Waals surface area contributed by atoms with Crippen molar-refractivity contribution in [2.45, 2.75) is 63.7 Å². The highest BCUT2D eigenvalue weighted by atomic mass is 32.1. The van der Waals surface area contributed by atoms with Crippen molar-refractivity contribution < 1.29 is 26.3 Å². The van der Waals surface area contributed by atoms with Crippen molar-refractivity contribution >= 4 is 22.5 Å². The van der Waals surface area contributed by atoms with Crippen molar-refractivity contribution in [2.24, 2.45) is 23.7 Å². The van der Waals surface area contributed by atoms with Gasteiger partial charge in [-0.2, -0.15) is 26.3 Å². The quantitative estimate of drug-likeness (QED) is 0.363. The number of hydrogen-bond acceptors (Lipinski definition) is 1. The largest absolute Gasteiger partial charge is 0.380 e. The minimum Gasteiger partial charge on any atom is -0.194 e. The summed E-state index contributed by atoms with van der Waals surface area (Å²) < 4.78 is 92.7. The Bertz CT molecular complexity index is 1220. The normalized spacial score (nSPS) is 31.9. The minimum absolute atomic E-state index is 0.0286. The number of alkyl halides is 6. The molecular weight excluding hydrogens is 482 g/mol. The van der Waals surface area contributed by atoms with Gasteiger partial charge in [0.15, 0.2) is 0 Å². The fraction of sp³-hybridized carbons (Fsp3) is 0.500. The van der Waals surface area contributed by atoms with Gasteiger partial charge in [-0.25, -0.2) is 0 Å². The molecule has 0 unspecified atom stereocenters. The van der Waals surface area contributed by atoms with Crippen molar-refractivity contribution in [3.8, 4) is 0 Å². The summed E-state index contributed by atoms with van der Waals surface area (Å²) in [6, 6.07) is 9.54. The first kappa shape index (κ1) is 23.4. The van der Waals surface area contributed by atoms with E-state index in [1.807, 2.05) is 0 Å². The molecule has 4 saturated carbocycles. The number of halogens is 6. The van der Waals surface area contributed by atoms with E-state index in [0.29, 0.717) is 32.7 Å². The van der Waals surface area contributed by atoms with E-state index in [1.54, 1.807) is 37.3 Å². The zero-order chi connectivity index (χ0) is 24.9. The van der Waals surface area contributed by atoms with Gasteiger partial charge in [0.25, 0.3) is 0 Å². The van der Waals surface area contributed by atoms with Crippen molar-refractivity contribution in [1.29, 1.82) is 0 Å². The molecule has 0 radical (unpaired) electrons. The van der Waals surface area contributed by atoms with Gasteiger partial charge in [0, 0.05) is 20.9 Å². The van der Waals surface area contributed by atoms with Crippen LogP contribution in [-0.2, 0) is 0 Å². The molecule has 0 spiro atoms. The Hall–Kier alpha value is -2.02. The SMILES string of the molecule is Cc1cc(C2=C(C(=C3C4CC5CC(C4)CC3C5)c3ccccc3)C(F)(F)C(F)(F)C2(F)F)c(C)s1. The second kappa shape index (κ2) is 7.50. The molecule has 1 aromatic heterocycles. The molecule has 1 aromatic carbocycles. The summed E-state index contributed by atoms with van der Waals surface area (Å²) >= 11 is 1.15. The van der Waals surface area contributed by atoms with Crippen LogP contribution in [0, 0.1) is 37.5 Å². The fourth-order valence-corrected chi connectivity index (χ4v) is 8.38. The zero-order valence-electron chi connectivity index (χ0n) is 19.5. The van der Waals surface area contributed by atoms with E-state index < -0.39 is 28.9 Å². The fourth-order valence-electron chi connectivity index (χ4n) is 7.45. The van der Waals surface area contributed by atoms with E-state index in [2.05, 4.69) is 0 Å². The van der Waals surface area contributed by atoms with Crippen LogP contribution < -0.4 is 0 Å². The predicted octanol–water partition coefficient (Wildman–Crippen LogP) is 8.95. The van der Waals surface area contributed by atoms with Crippen molar-refractivity contribution in [1.82, 2.24) is 0 Å². The van der Waals surface area contributed by atoms with Crippen LogP contribution in [0.1, 0.15) is 53.0 Å². The zero-order valence-corrected chi connectivity index (χ0v) is 20.3. The first-order chi connectivity index (χ1) is 16.4. The lowest BCUT2D eigenvalue weighted by molar-refractivity contribution is -0.258. The van der Waals surface area contributed by atoms with Crippen LogP contribution in [0.15, 0.2) is 47.5 Å². The standard InChI is InChI=1S/C28H26F6S/c1-14-8-21(15(2)35-14)24-25(27(31,32)28(33,34)26(24,29)30)23(18-6-4-3-5-7-18)22-19-10-16-9-17(12-19)13-20(22)11-16/h3-8,16-17,19-20H,9-13H2,1-2H3. The third-order valence-corrected chi connectivity index (χ3v) is 9.56. The molecule has 0 nitrogen and oxygen atoms in total. The molecule has 35 heavy (non-hydrogen) atoms. The van der Waals surface area contributed by atoms with E-state index in [-0.39, 0.29) is 23.0 Å². The maximum atomic E-state index is 15.8. The summed E-state index contributed by atoms with van der Waals surface area (Å²) in [5.41, 5.74) is -1.59. The summed E-state index contributed by atoms with van der Waals surface area (Å²) in [7, 11) is 0. The van der Waals surface area contributed by atoms with Gasteiger partial charge in [-0.3, -0.25) is 0 Å². The molecule has 0 amide bonds. The smallest absolute Gasteiger partial charge is 0.194 e. The summed E-state index contributed by atoms with van der Waals surface area (Å²) in [6.45, 7) is 3.19. The van der Waals surface area contributed by atoms with Crippen LogP contribution in [0.4, 0.5) is 26.3 Å². The molecule has 0 aliphatic heterocycles. The minimum atomic E-state index is -5.53. The van der Waals surface area contributed by atoms with Crippen molar-refractivity contribution in [3.63, 3.8) is 0 Å². The second-order valence-corrected chi connectivity index (χ2v) is 12.3. The maximum absolute atomic E-state index is 15.8. The Morgan fingerprint density at radius 1 is 0.800 bits per heavy atom. The lowest BCUT2D eigenvalue weighted by atomic mass is 9.53. The Labute approximate surface area is 204 Å². The highest BCUT2D eigenvalue weighted by Gasteiger charge is 2.80. The van der Waals surface area contributed by atoms with Gasteiger partial charge >= 0.3 is 17.8 Å². The van der Waals surface area contributed by atoms with Gasteiger partial charge in [0.05, 0.1) is 0 Å². The van der Waals surface area contributed by atoms with Crippen LogP contribution >= 0.6 is 11.3 Å². The van der Waals surface area contributed by atoms with Crippen molar-refractivity contribution in [3.05, 3.63) is 68.4 Å². The van der Waals surface area contributed by atoms with Gasteiger partial charge in [0.1, 0.15) is 0 Å². The highest BCUT2D eigenvalue weighted by molar-refractivity contribution is 7.12. The van der Waals surface area contributed by atoms with Gasteiger partial charge in [-0.05, 0) is 92.4 Å². The van der Waals surface area contributed by atoms with Gasteiger partial charge < -0.3 is 0 Å². The molecule has 0 N–H and O–H groups in total. The molecule has 5 aliphatic rings. The molecule has 4 bridgehead atoms. The Morgan fingerprint density at radius 3 is 1.89 bits per heavy atom. The molecule has 5 aliphatic carbocycles. The van der Waals surface area contributed by atoms with Gasteiger partial charge in [-0.1, -0.05) is 35.9 Å². The Balaban J connectivity index is 1.73. The second-order valence-electron chi connectivity index (χ2n) is 10.8. The number of aryl methyl sites for hydroxylation is 2. The number of hydrogen-bond donors (Lipinski definition) is 0. The van der Waals surface area contributed by atoms with Crippen LogP contribution in [0.5, 0.6) is 0 Å². The highest BCUT2D eigenvalue weighted by Crippen LogP contribution is 2.67. The third-order valence-electron chi connectivity index (χ3n) is 8.60. The van der Waals surface area contributed by atoms with Crippen LogP contribution in [-0.4, -0.2) is 17.8 Å². The lowest BCUT2D eigenvalue weighted by Gasteiger charge is -2.52. The summed E-state index contributed by atoms with van der Waals surface area (Å²) in [5.74, 6) is -14.6. The third kappa shape index (κ3) is 3.12. The monoisotopic (exact) mass is 508 g/mol. The average molecular weight is 509 g/mol. The molecule has 2 aromatic rings. The molecule has 1 heterocycles. The average Bonchev–Trinajstić information content (AvgIpc) is 3.15. The number of benzene rings is 1. The van der Waals surface area contributed by atoms with Gasteiger partial charge in [0.2, 0.25) is 0 Å². The van der Waals surface area contributed by atoms with E-state index in [9.17, 15) is 0 Å². The molecule has 7 rings (SSSR count). The van der Waals surface area contributed by atoms with E-state index in [1.165, 1.54) is 13.0 Å². The van der Waals surface area contributed by atoms with E-state index >= 15 is 26.3 Å². The molecule has 186 valence electrons. The van der Waals surface area contributed by atoms with Crippen LogP contribution in [0.2, 0.25) is 0 Å². The first-order valence-corrected chi connectivity index (χ1v) is 13.0. The summed E-state index contributed by atoms with van der Waals surface area (Å²) in [4.78, 5) is 0.952. The first-order valence-electron chi connectivity index (χ1n) is 12.2. The number of thiophene rings is 1. The summed E-state index contributed by atoms with van der Waals surface area (Å²) in [5, 5.41) is 0. The molecular formula is C28H26F6S.